The summed E-state index contributed by atoms with van der Waals surface area (Å²) >= 11 is 0. The van der Waals surface area contributed by atoms with E-state index in [1.54, 1.807) is 13.0 Å². The number of nitro benzene ring substituents is 1. The Morgan fingerprint density at radius 2 is 1.89 bits per heavy atom. The number of ether oxygens (including phenoxy) is 1. The zero-order chi connectivity index (χ0) is 19.6. The van der Waals surface area contributed by atoms with Crippen molar-refractivity contribution in [3.05, 3.63) is 69.8 Å². The summed E-state index contributed by atoms with van der Waals surface area (Å²) in [5.74, 6) is 0.245. The Balaban J connectivity index is 1.69. The van der Waals surface area contributed by atoms with Gasteiger partial charge in [0.05, 0.1) is 11.5 Å². The van der Waals surface area contributed by atoms with Crippen molar-refractivity contribution in [3.8, 4) is 5.75 Å². The number of imide groups is 1. The van der Waals surface area contributed by atoms with Crippen molar-refractivity contribution in [2.75, 3.05) is 13.2 Å². The van der Waals surface area contributed by atoms with E-state index in [0.717, 1.165) is 10.5 Å². The maximum atomic E-state index is 12.8. The maximum absolute atomic E-state index is 12.8. The van der Waals surface area contributed by atoms with Gasteiger partial charge in [0.2, 0.25) is 0 Å². The second kappa shape index (κ2) is 7.06. The lowest BCUT2D eigenvalue weighted by molar-refractivity contribution is -0.384. The molecule has 1 aliphatic heterocycles. The van der Waals surface area contributed by atoms with Crippen molar-refractivity contribution >= 4 is 17.6 Å². The summed E-state index contributed by atoms with van der Waals surface area (Å²) in [6, 6.07) is 12.5. The first-order valence-corrected chi connectivity index (χ1v) is 8.40. The van der Waals surface area contributed by atoms with Gasteiger partial charge in [-0.15, -0.1) is 0 Å². The third kappa shape index (κ3) is 3.59. The Kier molecular flexibility index (Phi) is 4.81. The maximum Gasteiger partial charge on any atom is 0.325 e. The summed E-state index contributed by atoms with van der Waals surface area (Å²) in [5.41, 5.74) is 0.180. The minimum Gasteiger partial charge on any atom is -0.492 e. The highest BCUT2D eigenvalue weighted by atomic mass is 16.6. The average Bonchev–Trinajstić information content (AvgIpc) is 2.86. The summed E-state index contributed by atoms with van der Waals surface area (Å²) in [7, 11) is 0. The fourth-order valence-corrected chi connectivity index (χ4v) is 2.97. The number of carbonyl (C=O) groups is 2. The van der Waals surface area contributed by atoms with E-state index in [4.69, 9.17) is 4.74 Å². The van der Waals surface area contributed by atoms with Gasteiger partial charge in [-0.2, -0.15) is 0 Å². The van der Waals surface area contributed by atoms with Crippen LogP contribution in [-0.4, -0.2) is 34.9 Å². The number of urea groups is 1. The number of benzene rings is 2. The molecule has 0 bridgehead atoms. The van der Waals surface area contributed by atoms with Gasteiger partial charge in [0.15, 0.2) is 0 Å². The highest BCUT2D eigenvalue weighted by Gasteiger charge is 2.48. The number of hydrogen-bond donors (Lipinski definition) is 1. The van der Waals surface area contributed by atoms with Crippen LogP contribution in [0.2, 0.25) is 0 Å². The molecule has 3 amide bonds. The van der Waals surface area contributed by atoms with Gasteiger partial charge < -0.3 is 10.1 Å². The highest BCUT2D eigenvalue weighted by molar-refractivity contribution is 6.07. The summed E-state index contributed by atoms with van der Waals surface area (Å²) in [6.07, 6.45) is 0. The summed E-state index contributed by atoms with van der Waals surface area (Å²) in [4.78, 5) is 36.4. The number of aryl methyl sites for hydroxylation is 1. The molecule has 0 spiro atoms. The molecule has 1 aliphatic rings. The Morgan fingerprint density at radius 1 is 1.19 bits per heavy atom. The largest absolute Gasteiger partial charge is 0.492 e. The van der Waals surface area contributed by atoms with Crippen LogP contribution in [-0.2, 0) is 10.3 Å². The van der Waals surface area contributed by atoms with Crippen molar-refractivity contribution in [1.29, 1.82) is 0 Å². The van der Waals surface area contributed by atoms with Gasteiger partial charge in [-0.3, -0.25) is 19.8 Å². The molecule has 27 heavy (non-hydrogen) atoms. The van der Waals surface area contributed by atoms with Crippen molar-refractivity contribution < 1.29 is 19.2 Å². The van der Waals surface area contributed by atoms with Gasteiger partial charge >= 0.3 is 6.03 Å². The predicted molar refractivity (Wildman–Crippen MR) is 97.4 cm³/mol. The molecule has 1 atom stereocenters. The zero-order valence-electron chi connectivity index (χ0n) is 15.0. The number of nitro groups is 1. The Bertz CT molecular complexity index is 896. The first-order chi connectivity index (χ1) is 12.8. The van der Waals surface area contributed by atoms with Gasteiger partial charge in [0.25, 0.3) is 11.6 Å². The van der Waals surface area contributed by atoms with Gasteiger partial charge in [-0.1, -0.05) is 12.1 Å². The van der Waals surface area contributed by atoms with E-state index in [-0.39, 0.29) is 18.8 Å². The first-order valence-electron chi connectivity index (χ1n) is 8.40. The van der Waals surface area contributed by atoms with E-state index >= 15 is 0 Å². The molecule has 1 N–H and O–H groups in total. The lowest BCUT2D eigenvalue weighted by Crippen LogP contribution is -2.41. The fraction of sp³-hybridized carbons (Fsp3) is 0.263. The molecule has 0 radical (unpaired) electrons. The highest BCUT2D eigenvalue weighted by Crippen LogP contribution is 2.30. The average molecular weight is 369 g/mol. The molecule has 3 rings (SSSR count). The molecule has 0 saturated carbocycles. The molecular weight excluding hydrogens is 350 g/mol. The molecule has 140 valence electrons. The van der Waals surface area contributed by atoms with E-state index < -0.39 is 22.4 Å². The quantitative estimate of drug-likeness (QED) is 0.479. The number of nitrogens with one attached hydrogen (secondary N) is 1. The molecule has 8 nitrogen and oxygen atoms in total. The number of hydrogen-bond acceptors (Lipinski definition) is 5. The Morgan fingerprint density at radius 3 is 2.52 bits per heavy atom. The lowest BCUT2D eigenvalue weighted by atomic mass is 9.92. The molecule has 0 aromatic heterocycles. The van der Waals surface area contributed by atoms with Crippen molar-refractivity contribution in [2.24, 2.45) is 0 Å². The summed E-state index contributed by atoms with van der Waals surface area (Å²) in [6.45, 7) is 3.79. The van der Waals surface area contributed by atoms with Gasteiger partial charge in [0, 0.05) is 12.1 Å². The standard InChI is InChI=1S/C19H19N3O5/c1-13-4-3-5-16(12-13)27-11-10-21-17(23)19(2,20-18(21)24)14-6-8-15(9-7-14)22(25)26/h3-9,12H,10-11H2,1-2H3,(H,20,24)/t19-/m0/s1. The van der Waals surface area contributed by atoms with Crippen molar-refractivity contribution in [1.82, 2.24) is 10.2 Å². The topological polar surface area (TPSA) is 102 Å². The number of rotatable bonds is 6. The zero-order valence-corrected chi connectivity index (χ0v) is 15.0. The minimum atomic E-state index is -1.27. The van der Waals surface area contributed by atoms with Crippen LogP contribution in [0, 0.1) is 17.0 Å². The van der Waals surface area contributed by atoms with E-state index in [1.807, 2.05) is 25.1 Å². The molecule has 2 aromatic carbocycles. The summed E-state index contributed by atoms with van der Waals surface area (Å²) in [5, 5.41) is 13.4. The predicted octanol–water partition coefficient (Wildman–Crippen LogP) is 2.75. The van der Waals surface area contributed by atoms with E-state index in [2.05, 4.69) is 5.32 Å². The second-order valence-electron chi connectivity index (χ2n) is 6.48. The molecule has 0 unspecified atom stereocenters. The van der Waals surface area contributed by atoms with E-state index in [9.17, 15) is 19.7 Å². The van der Waals surface area contributed by atoms with E-state index in [0.29, 0.717) is 11.3 Å². The normalized spacial score (nSPS) is 19.1. The van der Waals surface area contributed by atoms with Crippen molar-refractivity contribution in [3.63, 3.8) is 0 Å². The van der Waals surface area contributed by atoms with Crippen LogP contribution < -0.4 is 10.1 Å². The van der Waals surface area contributed by atoms with Gasteiger partial charge in [0.1, 0.15) is 17.9 Å². The van der Waals surface area contributed by atoms with Gasteiger partial charge in [-0.25, -0.2) is 4.79 Å². The second-order valence-corrected chi connectivity index (χ2v) is 6.48. The lowest BCUT2D eigenvalue weighted by Gasteiger charge is -2.22. The van der Waals surface area contributed by atoms with Crippen LogP contribution in [0.1, 0.15) is 18.1 Å². The van der Waals surface area contributed by atoms with Crippen LogP contribution >= 0.6 is 0 Å². The molecular formula is C19H19N3O5. The van der Waals surface area contributed by atoms with Crippen LogP contribution in [0.25, 0.3) is 0 Å². The number of carbonyl (C=O) groups excluding carboxylic acids is 2. The molecule has 8 heteroatoms. The Hall–Kier alpha value is -3.42. The third-order valence-corrected chi connectivity index (χ3v) is 4.50. The first kappa shape index (κ1) is 18.4. The molecule has 2 aromatic rings. The monoisotopic (exact) mass is 369 g/mol. The fourth-order valence-electron chi connectivity index (χ4n) is 2.97. The van der Waals surface area contributed by atoms with Crippen LogP contribution in [0.4, 0.5) is 10.5 Å². The number of amides is 3. The molecule has 1 saturated heterocycles. The van der Waals surface area contributed by atoms with Gasteiger partial charge in [-0.05, 0) is 49.2 Å². The third-order valence-electron chi connectivity index (χ3n) is 4.50. The van der Waals surface area contributed by atoms with Crippen LogP contribution in [0.5, 0.6) is 5.75 Å². The van der Waals surface area contributed by atoms with E-state index in [1.165, 1.54) is 24.3 Å². The SMILES string of the molecule is Cc1cccc(OCCN2C(=O)N[C@@](C)(c3ccc([N+](=O)[O-])cc3)C2=O)c1. The smallest absolute Gasteiger partial charge is 0.325 e. The van der Waals surface area contributed by atoms with Crippen LogP contribution in [0.15, 0.2) is 48.5 Å². The molecule has 0 aliphatic carbocycles. The Labute approximate surface area is 155 Å². The van der Waals surface area contributed by atoms with Crippen molar-refractivity contribution in [2.45, 2.75) is 19.4 Å². The minimum absolute atomic E-state index is 0.0810. The molecule has 1 fully saturated rings. The van der Waals surface area contributed by atoms with Crippen LogP contribution in [0.3, 0.4) is 0 Å². The number of nitrogens with zero attached hydrogens (tertiary/aromatic N) is 2. The summed E-state index contributed by atoms with van der Waals surface area (Å²) < 4.78 is 5.61. The number of non-ortho nitro benzene ring substituents is 1. The molecule has 1 heterocycles.